The van der Waals surface area contributed by atoms with E-state index in [4.69, 9.17) is 4.42 Å². The van der Waals surface area contributed by atoms with Gasteiger partial charge in [0.05, 0.1) is 0 Å². The first-order valence-electron chi connectivity index (χ1n) is 15.0. The molecule has 1 heteroatoms. The zero-order chi connectivity index (χ0) is 26.4. The van der Waals surface area contributed by atoms with Gasteiger partial charge in [-0.25, -0.2) is 0 Å². The molecule has 4 fully saturated rings. The molecule has 0 amide bonds. The monoisotopic (exact) mass is 510 g/mol. The summed E-state index contributed by atoms with van der Waals surface area (Å²) >= 11 is 0. The van der Waals surface area contributed by atoms with Crippen molar-refractivity contribution < 1.29 is 4.42 Å². The van der Waals surface area contributed by atoms with Crippen LogP contribution in [0.1, 0.15) is 70.4 Å². The minimum Gasteiger partial charge on any atom is -0.456 e. The number of para-hydroxylation sites is 1. The molecule has 4 aromatic carbocycles. The van der Waals surface area contributed by atoms with E-state index in [1.54, 1.807) is 5.56 Å². The van der Waals surface area contributed by atoms with E-state index in [0.717, 1.165) is 28.9 Å². The van der Waals surface area contributed by atoms with Gasteiger partial charge in [0.15, 0.2) is 0 Å². The molecule has 0 radical (unpaired) electrons. The van der Waals surface area contributed by atoms with Crippen molar-refractivity contribution >= 4 is 21.9 Å². The van der Waals surface area contributed by atoms with Gasteiger partial charge in [-0.2, -0.15) is 0 Å². The van der Waals surface area contributed by atoms with Gasteiger partial charge in [0, 0.05) is 10.8 Å². The van der Waals surface area contributed by atoms with Crippen LogP contribution in [0, 0.1) is 17.8 Å². The number of hydrogen-bond donors (Lipinski definition) is 0. The fraction of sp³-hybridized carbons (Fsp3) is 0.368. The maximum absolute atomic E-state index is 6.22. The number of hydrogen-bond acceptors (Lipinski definition) is 1. The van der Waals surface area contributed by atoms with E-state index < -0.39 is 0 Å². The first-order valence-corrected chi connectivity index (χ1v) is 15.0. The van der Waals surface area contributed by atoms with Crippen LogP contribution in [0.4, 0.5) is 0 Å². The zero-order valence-corrected chi connectivity index (χ0v) is 23.5. The minimum atomic E-state index is 0.0646. The van der Waals surface area contributed by atoms with Gasteiger partial charge in [-0.05, 0) is 125 Å². The topological polar surface area (TPSA) is 13.1 Å². The molecule has 4 aliphatic carbocycles. The molecule has 0 aliphatic heterocycles. The summed E-state index contributed by atoms with van der Waals surface area (Å²) in [5.41, 5.74) is 10.6. The second kappa shape index (κ2) is 8.34. The first kappa shape index (κ1) is 23.6. The summed E-state index contributed by atoms with van der Waals surface area (Å²) < 4.78 is 6.22. The highest BCUT2D eigenvalue weighted by Crippen LogP contribution is 2.60. The van der Waals surface area contributed by atoms with E-state index in [1.807, 2.05) is 6.07 Å². The predicted octanol–water partition coefficient (Wildman–Crippen LogP) is 10.7. The summed E-state index contributed by atoms with van der Waals surface area (Å²) in [5.74, 6) is 2.93. The second-order valence-corrected chi connectivity index (χ2v) is 14.1. The number of fused-ring (bicyclic) bond motifs is 3. The Labute approximate surface area is 232 Å². The van der Waals surface area contributed by atoms with Crippen molar-refractivity contribution in [3.05, 3.63) is 96.1 Å². The molecular weight excluding hydrogens is 472 g/mol. The fourth-order valence-electron chi connectivity index (χ4n) is 8.99. The highest BCUT2D eigenvalue weighted by Gasteiger charge is 2.51. The van der Waals surface area contributed by atoms with E-state index in [0.29, 0.717) is 5.41 Å². The Balaban J connectivity index is 1.19. The molecule has 1 aromatic heterocycles. The molecule has 4 saturated carbocycles. The molecule has 0 saturated heterocycles. The minimum absolute atomic E-state index is 0.0646. The van der Waals surface area contributed by atoms with Crippen molar-refractivity contribution in [2.75, 3.05) is 0 Å². The summed E-state index contributed by atoms with van der Waals surface area (Å²) in [7, 11) is 0. The van der Waals surface area contributed by atoms with Gasteiger partial charge in [0.2, 0.25) is 0 Å². The molecule has 39 heavy (non-hydrogen) atoms. The molecule has 0 spiro atoms. The standard InChI is InChI=1S/C38H38O/c1-37(2,3)34-15-11-28(29-10-14-32-31-6-4-5-7-35(31)39-36(32)20-29)19-33(34)27-8-12-30(13-9-27)38-21-24-16-25(22-38)18-26(17-24)23-38/h4-15,19-20,24-26H,16-18,21-23H2,1-3H3. The van der Waals surface area contributed by atoms with E-state index in [-0.39, 0.29) is 5.41 Å². The van der Waals surface area contributed by atoms with Crippen molar-refractivity contribution in [1.29, 1.82) is 0 Å². The molecule has 196 valence electrons. The molecule has 0 unspecified atom stereocenters. The van der Waals surface area contributed by atoms with Gasteiger partial charge in [0.1, 0.15) is 11.2 Å². The summed E-state index contributed by atoms with van der Waals surface area (Å²) in [6.45, 7) is 6.99. The number of furan rings is 1. The molecule has 0 N–H and O–H groups in total. The quantitative estimate of drug-likeness (QED) is 0.235. The van der Waals surface area contributed by atoms with E-state index >= 15 is 0 Å². The van der Waals surface area contributed by atoms with Crippen molar-refractivity contribution in [1.82, 2.24) is 0 Å². The maximum Gasteiger partial charge on any atom is 0.136 e. The lowest BCUT2D eigenvalue weighted by Crippen LogP contribution is -2.48. The summed E-state index contributed by atoms with van der Waals surface area (Å²) in [6.07, 6.45) is 8.76. The lowest BCUT2D eigenvalue weighted by molar-refractivity contribution is -0.00518. The third-order valence-corrected chi connectivity index (χ3v) is 10.4. The van der Waals surface area contributed by atoms with Crippen LogP contribution < -0.4 is 0 Å². The summed E-state index contributed by atoms with van der Waals surface area (Å²) in [5, 5.41) is 2.36. The van der Waals surface area contributed by atoms with Crippen LogP contribution in [-0.4, -0.2) is 0 Å². The predicted molar refractivity (Wildman–Crippen MR) is 163 cm³/mol. The van der Waals surface area contributed by atoms with Gasteiger partial charge in [0.25, 0.3) is 0 Å². The molecule has 1 heterocycles. The van der Waals surface area contributed by atoms with E-state index in [9.17, 15) is 0 Å². The molecule has 1 nitrogen and oxygen atoms in total. The third kappa shape index (κ3) is 3.80. The molecule has 9 rings (SSSR count). The molecule has 0 atom stereocenters. The zero-order valence-electron chi connectivity index (χ0n) is 23.5. The average Bonchev–Trinajstić information content (AvgIpc) is 3.29. The SMILES string of the molecule is CC(C)(C)c1ccc(-c2ccc3c(c2)oc2ccccc23)cc1-c1ccc(C23CC4CC(CC(C4)C2)C3)cc1. The molecule has 4 aliphatic rings. The highest BCUT2D eigenvalue weighted by molar-refractivity contribution is 6.05. The molecule has 5 aromatic rings. The number of benzene rings is 4. The van der Waals surface area contributed by atoms with Gasteiger partial charge < -0.3 is 4.42 Å². The van der Waals surface area contributed by atoms with Crippen LogP contribution >= 0.6 is 0 Å². The number of rotatable bonds is 3. The first-order chi connectivity index (χ1) is 18.8. The smallest absolute Gasteiger partial charge is 0.136 e. The van der Waals surface area contributed by atoms with Crippen molar-refractivity contribution in [3.8, 4) is 22.3 Å². The molecular formula is C38H38O. The average molecular weight is 511 g/mol. The Morgan fingerprint density at radius 2 is 1.21 bits per heavy atom. The van der Waals surface area contributed by atoms with Crippen LogP contribution in [0.25, 0.3) is 44.2 Å². The Bertz CT molecular complexity index is 1670. The van der Waals surface area contributed by atoms with Crippen molar-refractivity contribution in [2.24, 2.45) is 17.8 Å². The normalized spacial score (nSPS) is 26.1. The third-order valence-electron chi connectivity index (χ3n) is 10.4. The largest absolute Gasteiger partial charge is 0.456 e. The Hall–Kier alpha value is -3.32. The van der Waals surface area contributed by atoms with Crippen molar-refractivity contribution in [3.63, 3.8) is 0 Å². The summed E-state index contributed by atoms with van der Waals surface area (Å²) in [6, 6.07) is 31.9. The van der Waals surface area contributed by atoms with Gasteiger partial charge in [-0.3, -0.25) is 0 Å². The lowest BCUT2D eigenvalue weighted by Gasteiger charge is -2.57. The van der Waals surface area contributed by atoms with Gasteiger partial charge in [-0.1, -0.05) is 81.4 Å². The van der Waals surface area contributed by atoms with E-state index in [1.165, 1.54) is 77.1 Å². The van der Waals surface area contributed by atoms with Gasteiger partial charge >= 0.3 is 0 Å². The van der Waals surface area contributed by atoms with E-state index in [2.05, 4.69) is 99.6 Å². The Morgan fingerprint density at radius 3 is 1.90 bits per heavy atom. The summed E-state index contributed by atoms with van der Waals surface area (Å²) in [4.78, 5) is 0. The van der Waals surface area contributed by atoms with Crippen LogP contribution in [0.5, 0.6) is 0 Å². The van der Waals surface area contributed by atoms with Gasteiger partial charge in [-0.15, -0.1) is 0 Å². The van der Waals surface area contributed by atoms with Crippen molar-refractivity contribution in [2.45, 2.75) is 70.1 Å². The lowest BCUT2D eigenvalue weighted by atomic mass is 9.48. The molecule has 4 bridgehead atoms. The second-order valence-electron chi connectivity index (χ2n) is 14.1. The maximum atomic E-state index is 6.22. The van der Waals surface area contributed by atoms with Crippen LogP contribution in [-0.2, 0) is 10.8 Å². The Kier molecular flexibility index (Phi) is 5.04. The highest BCUT2D eigenvalue weighted by atomic mass is 16.3. The fourth-order valence-corrected chi connectivity index (χ4v) is 8.99. The van der Waals surface area contributed by atoms with Crippen LogP contribution in [0.2, 0.25) is 0 Å². The Morgan fingerprint density at radius 1 is 0.615 bits per heavy atom. The van der Waals surface area contributed by atoms with Crippen LogP contribution in [0.15, 0.2) is 89.3 Å². The van der Waals surface area contributed by atoms with Crippen LogP contribution in [0.3, 0.4) is 0 Å².